The fourth-order valence-corrected chi connectivity index (χ4v) is 5.04. The van der Waals surface area contributed by atoms with Crippen LogP contribution in [0.2, 0.25) is 0 Å². The second kappa shape index (κ2) is 12.4. The van der Waals surface area contributed by atoms with Crippen molar-refractivity contribution in [1.82, 2.24) is 0 Å². The van der Waals surface area contributed by atoms with Crippen LogP contribution in [0.15, 0.2) is 78.9 Å². The largest absolute Gasteiger partial charge is 0.490 e. The number of halogens is 2. The summed E-state index contributed by atoms with van der Waals surface area (Å²) in [6, 6.07) is 22.1. The molecule has 0 saturated heterocycles. The first-order valence-corrected chi connectivity index (χ1v) is 12.9. The molecule has 5 nitrogen and oxygen atoms in total. The summed E-state index contributed by atoms with van der Waals surface area (Å²) >= 11 is 0. The summed E-state index contributed by atoms with van der Waals surface area (Å²) in [6.07, 6.45) is -2.97. The lowest BCUT2D eigenvalue weighted by atomic mass is 9.81. The van der Waals surface area contributed by atoms with E-state index >= 15 is 0 Å². The van der Waals surface area contributed by atoms with Crippen molar-refractivity contribution in [2.24, 2.45) is 0 Å². The van der Waals surface area contributed by atoms with Crippen molar-refractivity contribution in [1.29, 1.82) is 0 Å². The quantitative estimate of drug-likeness (QED) is 0.194. The maximum atomic E-state index is 13.9. The van der Waals surface area contributed by atoms with Crippen LogP contribution in [0.5, 0.6) is 5.75 Å². The van der Waals surface area contributed by atoms with Gasteiger partial charge in [0.25, 0.3) is 0 Å². The molecule has 0 saturated carbocycles. The van der Waals surface area contributed by atoms with Gasteiger partial charge in [0.15, 0.2) is 0 Å². The lowest BCUT2D eigenvalue weighted by molar-refractivity contribution is -0.139. The van der Waals surface area contributed by atoms with Crippen LogP contribution in [0.3, 0.4) is 0 Å². The Hall–Kier alpha value is -3.81. The van der Waals surface area contributed by atoms with Crippen molar-refractivity contribution in [2.45, 2.75) is 50.7 Å². The van der Waals surface area contributed by atoms with E-state index in [4.69, 9.17) is 9.84 Å². The minimum Gasteiger partial charge on any atom is -0.490 e. The first kappa shape index (κ1) is 28.2. The number of carboxylic acid groups (broad SMARTS) is 1. The van der Waals surface area contributed by atoms with E-state index in [9.17, 15) is 23.8 Å². The second-order valence-corrected chi connectivity index (χ2v) is 10.1. The third-order valence-electron chi connectivity index (χ3n) is 6.74. The standard InChI is InChI=1S/C32H32F2O5/c1-19(2)30-27-6-4-3-5-22(27)15-28(32(30)39-18-26(36)16-25(35)17-29(37)38)31(20-7-11-23(33)12-8-20)21-9-13-24(34)14-10-21/h3-15,19,25-26,31,35-36H,16-18H2,1-2H3,(H,37,38)/t25-,26+/m1/s1. The third-order valence-corrected chi connectivity index (χ3v) is 6.74. The number of benzene rings is 4. The van der Waals surface area contributed by atoms with Crippen LogP contribution in [0, 0.1) is 11.6 Å². The van der Waals surface area contributed by atoms with Gasteiger partial charge in [0, 0.05) is 23.5 Å². The first-order valence-electron chi connectivity index (χ1n) is 12.9. The highest BCUT2D eigenvalue weighted by Crippen LogP contribution is 2.45. The maximum Gasteiger partial charge on any atom is 0.305 e. The van der Waals surface area contributed by atoms with Crippen LogP contribution in [0.1, 0.15) is 60.8 Å². The van der Waals surface area contributed by atoms with E-state index in [2.05, 4.69) is 0 Å². The van der Waals surface area contributed by atoms with Crippen LogP contribution >= 0.6 is 0 Å². The molecule has 2 atom stereocenters. The van der Waals surface area contributed by atoms with Gasteiger partial charge in [-0.2, -0.15) is 0 Å². The lowest BCUT2D eigenvalue weighted by Crippen LogP contribution is -2.26. The molecule has 0 aliphatic carbocycles. The molecule has 4 aromatic carbocycles. The Morgan fingerprint density at radius 2 is 1.41 bits per heavy atom. The molecule has 0 amide bonds. The molecule has 4 aromatic rings. The molecule has 0 spiro atoms. The average molecular weight is 535 g/mol. The summed E-state index contributed by atoms with van der Waals surface area (Å²) in [5.74, 6) is -1.81. The highest BCUT2D eigenvalue weighted by atomic mass is 19.1. The van der Waals surface area contributed by atoms with E-state index in [0.717, 1.165) is 33.0 Å². The molecule has 39 heavy (non-hydrogen) atoms. The maximum absolute atomic E-state index is 13.9. The van der Waals surface area contributed by atoms with E-state index in [1.807, 2.05) is 44.2 Å². The third kappa shape index (κ3) is 6.80. The van der Waals surface area contributed by atoms with Gasteiger partial charge in [-0.1, -0.05) is 62.4 Å². The van der Waals surface area contributed by atoms with Crippen molar-refractivity contribution >= 4 is 16.7 Å². The van der Waals surface area contributed by atoms with E-state index in [1.54, 1.807) is 24.3 Å². The van der Waals surface area contributed by atoms with Crippen LogP contribution < -0.4 is 4.74 Å². The topological polar surface area (TPSA) is 87.0 Å². The van der Waals surface area contributed by atoms with E-state index in [1.165, 1.54) is 24.3 Å². The molecule has 0 radical (unpaired) electrons. The number of carboxylic acids is 1. The van der Waals surface area contributed by atoms with Gasteiger partial charge in [0.1, 0.15) is 24.0 Å². The zero-order valence-corrected chi connectivity index (χ0v) is 21.9. The minimum absolute atomic E-state index is 0.0154. The van der Waals surface area contributed by atoms with Gasteiger partial charge in [-0.3, -0.25) is 4.79 Å². The number of ether oxygens (including phenoxy) is 1. The Morgan fingerprint density at radius 1 is 0.846 bits per heavy atom. The molecule has 0 bridgehead atoms. The van der Waals surface area contributed by atoms with E-state index in [-0.39, 0.29) is 30.6 Å². The summed E-state index contributed by atoms with van der Waals surface area (Å²) in [5, 5.41) is 31.5. The molecule has 0 heterocycles. The molecule has 7 heteroatoms. The Bertz CT molecular complexity index is 1370. The number of hydrogen-bond donors (Lipinski definition) is 3. The van der Waals surface area contributed by atoms with Crippen LogP contribution in [-0.4, -0.2) is 40.1 Å². The molecule has 4 rings (SSSR count). The van der Waals surface area contributed by atoms with Crippen LogP contribution in [0.25, 0.3) is 10.8 Å². The Morgan fingerprint density at radius 3 is 1.95 bits per heavy atom. The van der Waals surface area contributed by atoms with Gasteiger partial charge in [0.05, 0.1) is 18.6 Å². The van der Waals surface area contributed by atoms with Crippen molar-refractivity contribution in [2.75, 3.05) is 6.61 Å². The highest BCUT2D eigenvalue weighted by molar-refractivity contribution is 5.90. The summed E-state index contributed by atoms with van der Waals surface area (Å²) in [7, 11) is 0. The number of aliphatic carboxylic acids is 1. The van der Waals surface area contributed by atoms with Crippen molar-refractivity contribution < 1.29 is 33.6 Å². The first-order chi connectivity index (χ1) is 18.6. The molecule has 0 aliphatic heterocycles. The number of hydrogen-bond acceptors (Lipinski definition) is 4. The highest BCUT2D eigenvalue weighted by Gasteiger charge is 2.27. The van der Waals surface area contributed by atoms with Crippen LogP contribution in [-0.2, 0) is 4.79 Å². The molecular weight excluding hydrogens is 502 g/mol. The summed E-state index contributed by atoms with van der Waals surface area (Å²) in [6.45, 7) is 3.90. The number of fused-ring (bicyclic) bond motifs is 1. The summed E-state index contributed by atoms with van der Waals surface area (Å²) < 4.78 is 34.1. The van der Waals surface area contributed by atoms with Crippen molar-refractivity contribution in [3.8, 4) is 5.75 Å². The fourth-order valence-electron chi connectivity index (χ4n) is 5.04. The van der Waals surface area contributed by atoms with Crippen LogP contribution in [0.4, 0.5) is 8.78 Å². The Kier molecular flexibility index (Phi) is 8.94. The minimum atomic E-state index is -1.21. The van der Waals surface area contributed by atoms with Gasteiger partial charge < -0.3 is 20.1 Å². The van der Waals surface area contributed by atoms with Gasteiger partial charge in [-0.15, -0.1) is 0 Å². The van der Waals surface area contributed by atoms with Gasteiger partial charge >= 0.3 is 5.97 Å². The van der Waals surface area contributed by atoms with E-state index < -0.39 is 30.5 Å². The Labute approximate surface area is 226 Å². The molecule has 3 N–H and O–H groups in total. The molecule has 0 aromatic heterocycles. The van der Waals surface area contributed by atoms with Gasteiger partial charge in [-0.05, 0) is 58.1 Å². The van der Waals surface area contributed by atoms with Gasteiger partial charge in [-0.25, -0.2) is 8.78 Å². The SMILES string of the molecule is CC(C)c1c(OC[C@@H](O)C[C@@H](O)CC(=O)O)c(C(c2ccc(F)cc2)c2ccc(F)cc2)cc2ccccc12. The summed E-state index contributed by atoms with van der Waals surface area (Å²) in [5.41, 5.74) is 3.22. The monoisotopic (exact) mass is 534 g/mol. The average Bonchev–Trinajstić information content (AvgIpc) is 2.88. The second-order valence-electron chi connectivity index (χ2n) is 10.1. The van der Waals surface area contributed by atoms with Crippen molar-refractivity contribution in [3.63, 3.8) is 0 Å². The molecule has 0 aliphatic rings. The molecular formula is C32H32F2O5. The normalized spacial score (nSPS) is 13.1. The predicted molar refractivity (Wildman–Crippen MR) is 146 cm³/mol. The van der Waals surface area contributed by atoms with E-state index in [0.29, 0.717) is 5.75 Å². The molecule has 0 fully saturated rings. The zero-order chi connectivity index (χ0) is 28.1. The van der Waals surface area contributed by atoms with Gasteiger partial charge in [0.2, 0.25) is 0 Å². The predicted octanol–water partition coefficient (Wildman–Crippen LogP) is 6.39. The number of carbonyl (C=O) groups is 1. The number of aliphatic hydroxyl groups is 2. The lowest BCUT2D eigenvalue weighted by Gasteiger charge is -2.27. The smallest absolute Gasteiger partial charge is 0.305 e. The Balaban J connectivity index is 1.87. The van der Waals surface area contributed by atoms with Crippen molar-refractivity contribution in [3.05, 3.63) is 113 Å². The number of aliphatic hydroxyl groups excluding tert-OH is 2. The summed E-state index contributed by atoms with van der Waals surface area (Å²) in [4.78, 5) is 10.9. The molecule has 204 valence electrons. The zero-order valence-electron chi connectivity index (χ0n) is 21.9. The fraction of sp³-hybridized carbons (Fsp3) is 0.281. The molecule has 0 unspecified atom stereocenters. The number of rotatable bonds is 11.